The molecule has 0 bridgehead atoms. The van der Waals surface area contributed by atoms with Crippen LogP contribution in [0, 0.1) is 13.8 Å². The zero-order chi connectivity index (χ0) is 13.1. The second kappa shape index (κ2) is 6.00. The third kappa shape index (κ3) is 2.85. The Kier molecular flexibility index (Phi) is 4.60. The van der Waals surface area contributed by atoms with Crippen molar-refractivity contribution < 1.29 is 0 Å². The summed E-state index contributed by atoms with van der Waals surface area (Å²) in [6.07, 6.45) is 0. The minimum Gasteiger partial charge on any atom is -0.306 e. The average molecular weight is 324 g/mol. The van der Waals surface area contributed by atoms with Gasteiger partial charge in [-0.25, -0.2) is 0 Å². The first-order chi connectivity index (χ1) is 8.63. The van der Waals surface area contributed by atoms with E-state index in [9.17, 15) is 0 Å². The van der Waals surface area contributed by atoms with E-state index >= 15 is 0 Å². The largest absolute Gasteiger partial charge is 0.306 e. The van der Waals surface area contributed by atoms with Crippen LogP contribution in [0.2, 0.25) is 0 Å². The molecule has 0 aliphatic carbocycles. The lowest BCUT2D eigenvalue weighted by Crippen LogP contribution is -2.22. The van der Waals surface area contributed by atoms with Crippen LogP contribution in [0.25, 0.3) is 0 Å². The molecule has 1 N–H and O–H groups in total. The van der Waals surface area contributed by atoms with Gasteiger partial charge in [0.05, 0.1) is 6.04 Å². The maximum atomic E-state index is 3.64. The Morgan fingerprint density at radius 2 is 2.00 bits per heavy atom. The van der Waals surface area contributed by atoms with E-state index in [0.29, 0.717) is 0 Å². The lowest BCUT2D eigenvalue weighted by Gasteiger charge is -2.20. The third-order valence-electron chi connectivity index (χ3n) is 3.10. The highest BCUT2D eigenvalue weighted by Crippen LogP contribution is 2.33. The molecule has 0 saturated carbocycles. The molecule has 0 aliphatic rings. The minimum absolute atomic E-state index is 0.274. The maximum absolute atomic E-state index is 3.64. The molecule has 0 saturated heterocycles. The fourth-order valence-corrected chi connectivity index (χ4v) is 3.79. The van der Waals surface area contributed by atoms with E-state index in [1.165, 1.54) is 26.7 Å². The van der Waals surface area contributed by atoms with Gasteiger partial charge in [-0.05, 0) is 58.4 Å². The van der Waals surface area contributed by atoms with Crippen LogP contribution in [0.15, 0.2) is 33.4 Å². The van der Waals surface area contributed by atoms with Gasteiger partial charge in [0.2, 0.25) is 0 Å². The van der Waals surface area contributed by atoms with Crippen molar-refractivity contribution in [3.63, 3.8) is 0 Å². The fourth-order valence-electron chi connectivity index (χ4n) is 2.24. The average Bonchev–Trinajstić information content (AvgIpc) is 2.73. The van der Waals surface area contributed by atoms with Gasteiger partial charge in [0.1, 0.15) is 0 Å². The second-order valence-corrected chi connectivity index (χ2v) is 6.12. The molecule has 0 fully saturated rings. The maximum Gasteiger partial charge on any atom is 0.0598 e. The van der Waals surface area contributed by atoms with Crippen LogP contribution in [0.4, 0.5) is 0 Å². The summed E-state index contributed by atoms with van der Waals surface area (Å²) in [5.41, 5.74) is 5.35. The van der Waals surface area contributed by atoms with Gasteiger partial charge < -0.3 is 5.32 Å². The van der Waals surface area contributed by atoms with Gasteiger partial charge in [-0.2, -0.15) is 11.3 Å². The van der Waals surface area contributed by atoms with Crippen molar-refractivity contribution in [3.05, 3.63) is 55.7 Å². The number of thiophene rings is 1. The molecule has 1 aromatic carbocycles. The summed E-state index contributed by atoms with van der Waals surface area (Å²) in [4.78, 5) is 0. The Morgan fingerprint density at radius 1 is 1.22 bits per heavy atom. The summed E-state index contributed by atoms with van der Waals surface area (Å²) in [5, 5.41) is 7.94. The van der Waals surface area contributed by atoms with Crippen molar-refractivity contribution in [1.29, 1.82) is 0 Å². The summed E-state index contributed by atoms with van der Waals surface area (Å²) in [5.74, 6) is 0. The molecule has 2 aromatic rings. The molecule has 1 heterocycles. The lowest BCUT2D eigenvalue weighted by molar-refractivity contribution is 0.627. The predicted molar refractivity (Wildman–Crippen MR) is 83.5 cm³/mol. The van der Waals surface area contributed by atoms with Crippen LogP contribution >= 0.6 is 27.3 Å². The highest BCUT2D eigenvalue weighted by atomic mass is 79.9. The van der Waals surface area contributed by atoms with Crippen molar-refractivity contribution >= 4 is 27.3 Å². The number of rotatable bonds is 4. The molecule has 0 amide bonds. The monoisotopic (exact) mass is 323 g/mol. The van der Waals surface area contributed by atoms with E-state index in [-0.39, 0.29) is 6.04 Å². The number of hydrogen-bond donors (Lipinski definition) is 1. The molecule has 0 aliphatic heterocycles. The second-order valence-electron chi connectivity index (χ2n) is 4.53. The van der Waals surface area contributed by atoms with Gasteiger partial charge in [0, 0.05) is 9.85 Å². The first-order valence-electron chi connectivity index (χ1n) is 6.15. The molecular formula is C15H18BrNS. The van der Waals surface area contributed by atoms with Gasteiger partial charge in [-0.15, -0.1) is 0 Å². The SMILES string of the molecule is CCNC(c1ccc(C)cc1C)c1cscc1Br. The quantitative estimate of drug-likeness (QED) is 0.850. The first kappa shape index (κ1) is 13.8. The summed E-state index contributed by atoms with van der Waals surface area (Å²) in [6.45, 7) is 7.43. The van der Waals surface area contributed by atoms with Crippen LogP contribution < -0.4 is 5.32 Å². The Balaban J connectivity index is 2.45. The molecule has 96 valence electrons. The molecule has 0 radical (unpaired) electrons. The molecule has 1 nitrogen and oxygen atoms in total. The topological polar surface area (TPSA) is 12.0 Å². The van der Waals surface area contributed by atoms with E-state index in [2.05, 4.69) is 71.0 Å². The van der Waals surface area contributed by atoms with Gasteiger partial charge in [0.15, 0.2) is 0 Å². The van der Waals surface area contributed by atoms with Crippen molar-refractivity contribution in [1.82, 2.24) is 5.32 Å². The lowest BCUT2D eigenvalue weighted by atomic mass is 9.95. The van der Waals surface area contributed by atoms with Crippen molar-refractivity contribution in [2.75, 3.05) is 6.54 Å². The summed E-state index contributed by atoms with van der Waals surface area (Å²) in [6, 6.07) is 6.95. The van der Waals surface area contributed by atoms with Crippen molar-refractivity contribution in [2.45, 2.75) is 26.8 Å². The molecule has 1 atom stereocenters. The van der Waals surface area contributed by atoms with Gasteiger partial charge in [-0.3, -0.25) is 0 Å². The summed E-state index contributed by atoms with van der Waals surface area (Å²) in [7, 11) is 0. The highest BCUT2D eigenvalue weighted by Gasteiger charge is 2.18. The smallest absolute Gasteiger partial charge is 0.0598 e. The van der Waals surface area contributed by atoms with Crippen LogP contribution in [-0.4, -0.2) is 6.54 Å². The van der Waals surface area contributed by atoms with Crippen molar-refractivity contribution in [3.8, 4) is 0 Å². The number of aryl methyl sites for hydroxylation is 2. The van der Waals surface area contributed by atoms with Crippen LogP contribution in [0.3, 0.4) is 0 Å². The van der Waals surface area contributed by atoms with E-state index in [4.69, 9.17) is 0 Å². The molecule has 2 rings (SSSR count). The van der Waals surface area contributed by atoms with Gasteiger partial charge in [-0.1, -0.05) is 30.7 Å². The van der Waals surface area contributed by atoms with Gasteiger partial charge >= 0.3 is 0 Å². The zero-order valence-corrected chi connectivity index (χ0v) is 13.4. The fraction of sp³-hybridized carbons (Fsp3) is 0.333. The normalized spacial score (nSPS) is 12.7. The van der Waals surface area contributed by atoms with Crippen LogP contribution in [-0.2, 0) is 0 Å². The Morgan fingerprint density at radius 3 is 2.56 bits per heavy atom. The first-order valence-corrected chi connectivity index (χ1v) is 7.89. The number of nitrogens with one attached hydrogen (secondary N) is 1. The Hall–Kier alpha value is -0.640. The van der Waals surface area contributed by atoms with Crippen LogP contribution in [0.5, 0.6) is 0 Å². The Bertz CT molecular complexity index is 533. The molecule has 3 heteroatoms. The van der Waals surface area contributed by atoms with E-state index < -0.39 is 0 Å². The zero-order valence-electron chi connectivity index (χ0n) is 11.0. The number of hydrogen-bond acceptors (Lipinski definition) is 2. The van der Waals surface area contributed by atoms with E-state index in [1.54, 1.807) is 11.3 Å². The molecule has 1 unspecified atom stereocenters. The highest BCUT2D eigenvalue weighted by molar-refractivity contribution is 9.10. The van der Waals surface area contributed by atoms with Crippen LogP contribution in [0.1, 0.15) is 35.2 Å². The number of halogens is 1. The minimum atomic E-state index is 0.274. The third-order valence-corrected chi connectivity index (χ3v) is 4.85. The molecular weight excluding hydrogens is 306 g/mol. The van der Waals surface area contributed by atoms with Gasteiger partial charge in [0.25, 0.3) is 0 Å². The van der Waals surface area contributed by atoms with E-state index in [1.807, 2.05) is 0 Å². The Labute approximate surface area is 121 Å². The predicted octanol–water partition coefficient (Wildman–Crippen LogP) is 4.83. The summed E-state index contributed by atoms with van der Waals surface area (Å²) < 4.78 is 1.19. The molecule has 1 aromatic heterocycles. The standard InChI is InChI=1S/C15H18BrNS/c1-4-17-15(13-8-18-9-14(13)16)12-6-5-10(2)7-11(12)3/h5-9,15,17H,4H2,1-3H3. The van der Waals surface area contributed by atoms with E-state index in [0.717, 1.165) is 6.54 Å². The van der Waals surface area contributed by atoms with Crippen molar-refractivity contribution in [2.24, 2.45) is 0 Å². The number of benzene rings is 1. The molecule has 0 spiro atoms. The summed E-state index contributed by atoms with van der Waals surface area (Å²) >= 11 is 5.38. The molecule has 18 heavy (non-hydrogen) atoms.